The fourth-order valence-electron chi connectivity index (χ4n) is 3.89. The molecule has 1 unspecified atom stereocenters. The Labute approximate surface area is 158 Å². The van der Waals surface area contributed by atoms with Gasteiger partial charge in [-0.3, -0.25) is 0 Å². The summed E-state index contributed by atoms with van der Waals surface area (Å²) in [6, 6.07) is 1.78. The van der Waals surface area contributed by atoms with Crippen molar-refractivity contribution in [3.63, 3.8) is 0 Å². The molecule has 0 aromatic rings. The van der Waals surface area contributed by atoms with Gasteiger partial charge in [0.15, 0.2) is 8.45 Å². The smallest absolute Gasteiger partial charge is 0.189 e. The third-order valence-electron chi connectivity index (χ3n) is 5.14. The van der Waals surface area contributed by atoms with Crippen molar-refractivity contribution < 1.29 is 9.26 Å². The molecule has 0 radical (unpaired) electrons. The van der Waals surface area contributed by atoms with Gasteiger partial charge < -0.3 is 9.26 Å². The molecule has 0 N–H and O–H groups in total. The van der Waals surface area contributed by atoms with Crippen LogP contribution < -0.4 is 0 Å². The van der Waals surface area contributed by atoms with Crippen LogP contribution in [-0.4, -0.2) is 51.8 Å². The summed E-state index contributed by atoms with van der Waals surface area (Å²) in [5, 5.41) is 0. The maximum atomic E-state index is 6.96. The summed E-state index contributed by atoms with van der Waals surface area (Å²) in [5.41, 5.74) is 0. The minimum absolute atomic E-state index is 0.172. The van der Waals surface area contributed by atoms with E-state index in [9.17, 15) is 0 Å². The largest absolute Gasteiger partial charge is 0.372 e. The van der Waals surface area contributed by atoms with Crippen LogP contribution in [0.4, 0.5) is 0 Å². The van der Waals surface area contributed by atoms with Gasteiger partial charge >= 0.3 is 0 Å². The van der Waals surface area contributed by atoms with Gasteiger partial charge in [-0.25, -0.2) is 9.34 Å². The topological polar surface area (TPSA) is 24.9 Å². The molecule has 1 rings (SSSR count). The van der Waals surface area contributed by atoms with Crippen LogP contribution in [0.15, 0.2) is 0 Å². The molecule has 0 aromatic carbocycles. The van der Waals surface area contributed by atoms with E-state index in [0.717, 1.165) is 6.42 Å². The van der Waals surface area contributed by atoms with Crippen molar-refractivity contribution in [2.24, 2.45) is 5.92 Å². The van der Waals surface area contributed by atoms with Crippen LogP contribution in [0.1, 0.15) is 82.6 Å². The van der Waals surface area contributed by atoms with Crippen molar-refractivity contribution >= 4 is 8.45 Å². The van der Waals surface area contributed by atoms with E-state index in [1.165, 1.54) is 0 Å². The van der Waals surface area contributed by atoms with Crippen LogP contribution in [0.5, 0.6) is 0 Å². The fraction of sp³-hybridized carbons (Fsp3) is 1.00. The van der Waals surface area contributed by atoms with Gasteiger partial charge in [-0.1, -0.05) is 13.8 Å². The molecule has 0 saturated carbocycles. The second kappa shape index (κ2) is 9.99. The quantitative estimate of drug-likeness (QED) is 0.486. The molecular weight excluding hydrogens is 331 g/mol. The maximum Gasteiger partial charge on any atom is 0.189 e. The van der Waals surface area contributed by atoms with Crippen molar-refractivity contribution in [2.45, 2.75) is 125 Å². The molecule has 150 valence electrons. The Hall–Kier alpha value is 0.270. The van der Waals surface area contributed by atoms with Crippen molar-refractivity contribution in [3.05, 3.63) is 0 Å². The van der Waals surface area contributed by atoms with Crippen LogP contribution in [0.25, 0.3) is 0 Å². The molecule has 0 aromatic heterocycles. The molecular formula is C20H43N2O2P. The van der Waals surface area contributed by atoms with E-state index < -0.39 is 8.45 Å². The zero-order valence-electron chi connectivity index (χ0n) is 18.5. The van der Waals surface area contributed by atoms with E-state index in [4.69, 9.17) is 9.26 Å². The van der Waals surface area contributed by atoms with E-state index in [1.54, 1.807) is 0 Å². The van der Waals surface area contributed by atoms with Crippen molar-refractivity contribution in [2.75, 3.05) is 0 Å². The molecule has 4 atom stereocenters. The van der Waals surface area contributed by atoms with Gasteiger partial charge in [-0.05, 0) is 68.7 Å². The van der Waals surface area contributed by atoms with Gasteiger partial charge in [-0.15, -0.1) is 0 Å². The SMILES string of the molecule is CC[C@H]1O[C@@H](C)[C@@H](C)C1OP(N(C(C)C)C(C)C)N(C(C)C)C(C)C. The van der Waals surface area contributed by atoms with Gasteiger partial charge in [0.05, 0.1) is 18.3 Å². The summed E-state index contributed by atoms with van der Waals surface area (Å²) in [6.07, 6.45) is 1.66. The lowest BCUT2D eigenvalue weighted by atomic mass is 9.98. The molecule has 0 aliphatic carbocycles. The lowest BCUT2D eigenvalue weighted by molar-refractivity contribution is 0.0180. The normalized spacial score (nSPS) is 28.1. The maximum absolute atomic E-state index is 6.96. The lowest BCUT2D eigenvalue weighted by Crippen LogP contribution is -2.45. The molecule has 4 nitrogen and oxygen atoms in total. The number of hydrogen-bond donors (Lipinski definition) is 0. The third kappa shape index (κ3) is 5.62. The Balaban J connectivity index is 3.21. The highest BCUT2D eigenvalue weighted by molar-refractivity contribution is 7.47. The highest BCUT2D eigenvalue weighted by Gasteiger charge is 2.44. The molecule has 1 aliphatic rings. The fourth-order valence-corrected chi connectivity index (χ4v) is 6.48. The molecule has 1 aliphatic heterocycles. The predicted octanol–water partition coefficient (Wildman–Crippen LogP) is 5.67. The molecule has 25 heavy (non-hydrogen) atoms. The van der Waals surface area contributed by atoms with E-state index in [0.29, 0.717) is 30.1 Å². The van der Waals surface area contributed by atoms with Crippen LogP contribution >= 0.6 is 8.45 Å². The average molecular weight is 375 g/mol. The number of ether oxygens (including phenoxy) is 1. The van der Waals surface area contributed by atoms with Gasteiger partial charge in [0.25, 0.3) is 0 Å². The second-order valence-corrected chi connectivity index (χ2v) is 10.2. The van der Waals surface area contributed by atoms with E-state index >= 15 is 0 Å². The molecule has 0 amide bonds. The minimum Gasteiger partial charge on any atom is -0.372 e. The van der Waals surface area contributed by atoms with Gasteiger partial charge in [0, 0.05) is 30.1 Å². The Morgan fingerprint density at radius 2 is 1.24 bits per heavy atom. The number of rotatable bonds is 9. The summed E-state index contributed by atoms with van der Waals surface area (Å²) >= 11 is 0. The monoisotopic (exact) mass is 374 g/mol. The van der Waals surface area contributed by atoms with Gasteiger partial charge in [0.1, 0.15) is 0 Å². The number of nitrogens with zero attached hydrogens (tertiary/aromatic N) is 2. The minimum atomic E-state index is -0.848. The summed E-state index contributed by atoms with van der Waals surface area (Å²) in [6.45, 7) is 24.9. The van der Waals surface area contributed by atoms with Crippen molar-refractivity contribution in [1.82, 2.24) is 9.34 Å². The Kier molecular flexibility index (Phi) is 9.31. The Morgan fingerprint density at radius 3 is 1.56 bits per heavy atom. The van der Waals surface area contributed by atoms with Crippen LogP contribution in [0.2, 0.25) is 0 Å². The standard InChI is InChI=1S/C20H43N2O2P/c1-12-19-20(17(10)18(11)23-19)24-25(21(13(2)3)14(4)5)22(15(6)7)16(8)9/h13-20H,12H2,1-11H3/t17-,18+,19-,20?/m1/s1. The molecule has 0 spiro atoms. The number of hydrogen-bond acceptors (Lipinski definition) is 4. The van der Waals surface area contributed by atoms with E-state index in [-0.39, 0.29) is 18.3 Å². The Morgan fingerprint density at radius 1 is 0.840 bits per heavy atom. The zero-order valence-corrected chi connectivity index (χ0v) is 19.4. The van der Waals surface area contributed by atoms with Crippen molar-refractivity contribution in [3.8, 4) is 0 Å². The highest BCUT2D eigenvalue weighted by atomic mass is 31.2. The molecule has 1 fully saturated rings. The van der Waals surface area contributed by atoms with Gasteiger partial charge in [-0.2, -0.15) is 0 Å². The lowest BCUT2D eigenvalue weighted by Gasteiger charge is -2.47. The molecule has 1 heterocycles. The van der Waals surface area contributed by atoms with Crippen molar-refractivity contribution in [1.29, 1.82) is 0 Å². The molecule has 1 saturated heterocycles. The summed E-state index contributed by atoms with van der Waals surface area (Å²) < 4.78 is 18.3. The first kappa shape index (κ1) is 23.3. The van der Waals surface area contributed by atoms with E-state index in [1.807, 2.05) is 0 Å². The summed E-state index contributed by atoms with van der Waals surface area (Å²) in [5.74, 6) is 0.428. The first-order chi connectivity index (χ1) is 11.5. The second-order valence-electron chi connectivity index (χ2n) is 8.60. The summed E-state index contributed by atoms with van der Waals surface area (Å²) in [4.78, 5) is 0. The van der Waals surface area contributed by atoms with Crippen LogP contribution in [-0.2, 0) is 9.26 Å². The zero-order chi connectivity index (χ0) is 19.5. The van der Waals surface area contributed by atoms with E-state index in [2.05, 4.69) is 85.5 Å². The van der Waals surface area contributed by atoms with Crippen LogP contribution in [0, 0.1) is 5.92 Å². The molecule has 0 bridgehead atoms. The average Bonchev–Trinajstić information content (AvgIpc) is 2.73. The van der Waals surface area contributed by atoms with Gasteiger partial charge in [0.2, 0.25) is 0 Å². The van der Waals surface area contributed by atoms with Crippen LogP contribution in [0.3, 0.4) is 0 Å². The highest BCUT2D eigenvalue weighted by Crippen LogP contribution is 2.53. The first-order valence-electron chi connectivity index (χ1n) is 10.2. The molecule has 5 heteroatoms. The third-order valence-corrected chi connectivity index (χ3v) is 8.21. The summed E-state index contributed by atoms with van der Waals surface area (Å²) in [7, 11) is -0.848. The Bertz CT molecular complexity index is 354. The predicted molar refractivity (Wildman–Crippen MR) is 110 cm³/mol. The first-order valence-corrected chi connectivity index (χ1v) is 11.4.